The Morgan fingerprint density at radius 2 is 1.94 bits per heavy atom. The van der Waals surface area contributed by atoms with E-state index in [4.69, 9.17) is 0 Å². The number of carbonyl (C=O) groups excluding carboxylic acids is 1. The topological polar surface area (TPSA) is 42.0 Å². The molecule has 5 heteroatoms. The first kappa shape index (κ1) is 12.7. The summed E-state index contributed by atoms with van der Waals surface area (Å²) in [5.41, 5.74) is 1.18. The molecule has 2 rings (SSSR count). The number of halogens is 2. The van der Waals surface area contributed by atoms with E-state index in [0.29, 0.717) is 6.54 Å². The lowest BCUT2D eigenvalue weighted by atomic mass is 10.2. The molecule has 0 unspecified atom stereocenters. The third-order valence-corrected chi connectivity index (χ3v) is 2.86. The van der Waals surface area contributed by atoms with Gasteiger partial charge in [0.05, 0.1) is 6.20 Å². The van der Waals surface area contributed by atoms with Crippen molar-refractivity contribution in [2.24, 2.45) is 0 Å². The molecule has 1 aromatic carbocycles. The lowest BCUT2D eigenvalue weighted by molar-refractivity contribution is 0.0946. The van der Waals surface area contributed by atoms with Gasteiger partial charge in [-0.25, -0.2) is 9.37 Å². The monoisotopic (exact) mass is 308 g/mol. The molecule has 1 amide bonds. The molecule has 92 valence electrons. The quantitative estimate of drug-likeness (QED) is 0.947. The Balaban J connectivity index is 1.96. The first-order valence-corrected chi connectivity index (χ1v) is 6.08. The van der Waals surface area contributed by atoms with Crippen LogP contribution in [-0.2, 0) is 6.54 Å². The highest BCUT2D eigenvalue weighted by molar-refractivity contribution is 9.10. The van der Waals surface area contributed by atoms with Crippen molar-refractivity contribution < 1.29 is 9.18 Å². The Labute approximate surface area is 112 Å². The van der Waals surface area contributed by atoms with Gasteiger partial charge in [-0.1, -0.05) is 28.1 Å². The van der Waals surface area contributed by atoms with Crippen LogP contribution in [0.25, 0.3) is 0 Å². The number of hydrogen-bond acceptors (Lipinski definition) is 2. The normalized spacial score (nSPS) is 10.1. The second-order valence-electron chi connectivity index (χ2n) is 3.67. The summed E-state index contributed by atoms with van der Waals surface area (Å²) in [6.07, 6.45) is 1.02. The molecule has 1 heterocycles. The fourth-order valence-electron chi connectivity index (χ4n) is 1.39. The average Bonchev–Trinajstić information content (AvgIpc) is 2.38. The molecule has 0 saturated carbocycles. The summed E-state index contributed by atoms with van der Waals surface area (Å²) < 4.78 is 13.6. The zero-order valence-electron chi connectivity index (χ0n) is 9.36. The third kappa shape index (κ3) is 3.37. The highest BCUT2D eigenvalue weighted by Gasteiger charge is 2.06. The number of nitrogens with one attached hydrogen (secondary N) is 1. The van der Waals surface area contributed by atoms with E-state index in [1.54, 1.807) is 0 Å². The molecule has 3 nitrogen and oxygen atoms in total. The second kappa shape index (κ2) is 5.73. The fourth-order valence-corrected chi connectivity index (χ4v) is 1.65. The molecule has 2 aromatic rings. The molecule has 0 bridgehead atoms. The number of hydrogen-bond donors (Lipinski definition) is 1. The minimum absolute atomic E-state index is 0.202. The van der Waals surface area contributed by atoms with E-state index in [-0.39, 0.29) is 11.6 Å². The smallest absolute Gasteiger partial charge is 0.270 e. The molecular formula is C13H10BrFN2O. The number of carbonyl (C=O) groups is 1. The third-order valence-electron chi connectivity index (χ3n) is 2.33. The number of aromatic nitrogens is 1. The first-order chi connectivity index (χ1) is 8.65. The van der Waals surface area contributed by atoms with Gasteiger partial charge in [0.25, 0.3) is 5.91 Å². The lowest BCUT2D eigenvalue weighted by Crippen LogP contribution is -2.23. The zero-order valence-corrected chi connectivity index (χ0v) is 10.9. The number of rotatable bonds is 3. The summed E-state index contributed by atoms with van der Waals surface area (Å²) in [7, 11) is 0. The summed E-state index contributed by atoms with van der Waals surface area (Å²) in [5, 5.41) is 2.71. The van der Waals surface area contributed by atoms with E-state index in [0.717, 1.165) is 16.2 Å². The van der Waals surface area contributed by atoms with Crippen LogP contribution < -0.4 is 5.32 Å². The summed E-state index contributed by atoms with van der Waals surface area (Å²) in [6.45, 7) is 0.408. The molecule has 0 atom stereocenters. The molecule has 1 aromatic heterocycles. The first-order valence-electron chi connectivity index (χ1n) is 5.29. The van der Waals surface area contributed by atoms with Crippen LogP contribution >= 0.6 is 15.9 Å². The van der Waals surface area contributed by atoms with Gasteiger partial charge in [-0.05, 0) is 29.8 Å². The van der Waals surface area contributed by atoms with Gasteiger partial charge in [0.15, 0.2) is 0 Å². The minimum Gasteiger partial charge on any atom is -0.347 e. The largest absolute Gasteiger partial charge is 0.347 e. The maximum absolute atomic E-state index is 12.6. The molecular weight excluding hydrogens is 299 g/mol. The molecule has 0 radical (unpaired) electrons. The molecule has 0 fully saturated rings. The molecule has 0 aliphatic carbocycles. The number of pyridine rings is 1. The number of benzene rings is 1. The van der Waals surface area contributed by atoms with Crippen molar-refractivity contribution in [3.63, 3.8) is 0 Å². The van der Waals surface area contributed by atoms with E-state index < -0.39 is 5.82 Å². The summed E-state index contributed by atoms with van der Waals surface area (Å²) in [4.78, 5) is 15.4. The van der Waals surface area contributed by atoms with Crippen LogP contribution in [-0.4, -0.2) is 10.9 Å². The van der Waals surface area contributed by atoms with E-state index in [9.17, 15) is 9.18 Å². The summed E-state index contributed by atoms with van der Waals surface area (Å²) in [5.74, 6) is -0.780. The minimum atomic E-state index is -0.459. The Hall–Kier alpha value is -1.75. The van der Waals surface area contributed by atoms with Crippen LogP contribution in [0, 0.1) is 5.82 Å². The van der Waals surface area contributed by atoms with Crippen molar-refractivity contribution >= 4 is 21.8 Å². The number of amides is 1. The van der Waals surface area contributed by atoms with Crippen molar-refractivity contribution in [3.8, 4) is 0 Å². The molecule has 0 saturated heterocycles. The highest BCUT2D eigenvalue weighted by Crippen LogP contribution is 2.10. The van der Waals surface area contributed by atoms with Crippen molar-refractivity contribution in [2.75, 3.05) is 0 Å². The second-order valence-corrected chi connectivity index (χ2v) is 4.59. The van der Waals surface area contributed by atoms with Gasteiger partial charge >= 0.3 is 0 Å². The van der Waals surface area contributed by atoms with Crippen molar-refractivity contribution in [1.29, 1.82) is 0 Å². The van der Waals surface area contributed by atoms with Crippen LogP contribution in [0.15, 0.2) is 47.1 Å². The van der Waals surface area contributed by atoms with Crippen LogP contribution in [0.3, 0.4) is 0 Å². The Morgan fingerprint density at radius 1 is 1.22 bits per heavy atom. The predicted octanol–water partition coefficient (Wildman–Crippen LogP) is 2.91. The molecule has 0 spiro atoms. The Kier molecular flexibility index (Phi) is 4.04. The molecule has 18 heavy (non-hydrogen) atoms. The van der Waals surface area contributed by atoms with Gasteiger partial charge < -0.3 is 5.32 Å². The maximum atomic E-state index is 12.6. The van der Waals surface area contributed by atoms with Crippen LogP contribution in [0.5, 0.6) is 0 Å². The van der Waals surface area contributed by atoms with Gasteiger partial charge in [0.2, 0.25) is 0 Å². The summed E-state index contributed by atoms with van der Waals surface area (Å²) in [6, 6.07) is 10.2. The SMILES string of the molecule is O=C(NCc1ccc(Br)cc1)c1ccc(F)cn1. The van der Waals surface area contributed by atoms with Crippen molar-refractivity contribution in [3.05, 3.63) is 64.1 Å². The highest BCUT2D eigenvalue weighted by atomic mass is 79.9. The molecule has 1 N–H and O–H groups in total. The summed E-state index contributed by atoms with van der Waals surface area (Å²) >= 11 is 3.34. The van der Waals surface area contributed by atoms with Crippen LogP contribution in [0.4, 0.5) is 4.39 Å². The van der Waals surface area contributed by atoms with E-state index in [1.165, 1.54) is 12.1 Å². The number of nitrogens with zero attached hydrogens (tertiary/aromatic N) is 1. The zero-order chi connectivity index (χ0) is 13.0. The van der Waals surface area contributed by atoms with Gasteiger partial charge in [0.1, 0.15) is 11.5 Å². The molecule has 0 aliphatic rings. The lowest BCUT2D eigenvalue weighted by Gasteiger charge is -2.04. The Bertz CT molecular complexity index is 540. The van der Waals surface area contributed by atoms with E-state index in [1.807, 2.05) is 24.3 Å². The van der Waals surface area contributed by atoms with Crippen LogP contribution in [0.1, 0.15) is 16.1 Å². The van der Waals surface area contributed by atoms with Gasteiger partial charge in [0, 0.05) is 11.0 Å². The van der Waals surface area contributed by atoms with E-state index >= 15 is 0 Å². The predicted molar refractivity (Wildman–Crippen MR) is 69.5 cm³/mol. The van der Waals surface area contributed by atoms with Crippen molar-refractivity contribution in [1.82, 2.24) is 10.3 Å². The van der Waals surface area contributed by atoms with E-state index in [2.05, 4.69) is 26.2 Å². The Morgan fingerprint density at radius 3 is 2.56 bits per heavy atom. The van der Waals surface area contributed by atoms with Crippen LogP contribution in [0.2, 0.25) is 0 Å². The standard InChI is InChI=1S/C13H10BrFN2O/c14-10-3-1-9(2-4-10)7-17-13(18)12-6-5-11(15)8-16-12/h1-6,8H,7H2,(H,17,18). The van der Waals surface area contributed by atoms with Gasteiger partial charge in [-0.15, -0.1) is 0 Å². The average molecular weight is 309 g/mol. The fraction of sp³-hybridized carbons (Fsp3) is 0.0769. The maximum Gasteiger partial charge on any atom is 0.270 e. The van der Waals surface area contributed by atoms with Crippen molar-refractivity contribution in [2.45, 2.75) is 6.54 Å². The van der Waals surface area contributed by atoms with Gasteiger partial charge in [-0.3, -0.25) is 4.79 Å². The molecule has 0 aliphatic heterocycles. The van der Waals surface area contributed by atoms with Gasteiger partial charge in [-0.2, -0.15) is 0 Å².